The SMILES string of the molecule is COc1ccc(OC)c(S(=O)(=O)N2CCN(C(=O)CNc3cccc(C(F)(F)F)c3)CC2)c1. The summed E-state index contributed by atoms with van der Waals surface area (Å²) in [5.74, 6) is 0.201. The molecule has 2 aromatic rings. The van der Waals surface area contributed by atoms with Gasteiger partial charge in [0.15, 0.2) is 0 Å². The molecule has 0 aliphatic carbocycles. The molecule has 0 spiro atoms. The van der Waals surface area contributed by atoms with Crippen LogP contribution in [0.25, 0.3) is 0 Å². The van der Waals surface area contributed by atoms with E-state index in [1.54, 1.807) is 6.07 Å². The molecule has 0 atom stereocenters. The minimum absolute atomic E-state index is 0.0321. The first-order valence-corrected chi connectivity index (χ1v) is 11.4. The number of anilines is 1. The largest absolute Gasteiger partial charge is 0.497 e. The first-order valence-electron chi connectivity index (χ1n) is 9.97. The van der Waals surface area contributed by atoms with Crippen LogP contribution in [-0.4, -0.2) is 70.5 Å². The lowest BCUT2D eigenvalue weighted by Gasteiger charge is -2.34. The fourth-order valence-corrected chi connectivity index (χ4v) is 4.99. The van der Waals surface area contributed by atoms with Gasteiger partial charge >= 0.3 is 6.18 Å². The van der Waals surface area contributed by atoms with Crippen LogP contribution in [0.4, 0.5) is 18.9 Å². The van der Waals surface area contributed by atoms with Gasteiger partial charge in [-0.2, -0.15) is 17.5 Å². The van der Waals surface area contributed by atoms with Gasteiger partial charge in [0.05, 0.1) is 26.3 Å². The quantitative estimate of drug-likeness (QED) is 0.646. The van der Waals surface area contributed by atoms with E-state index < -0.39 is 21.8 Å². The van der Waals surface area contributed by atoms with Gasteiger partial charge in [0.1, 0.15) is 16.4 Å². The Kier molecular flexibility index (Phi) is 7.38. The smallest absolute Gasteiger partial charge is 0.416 e. The number of amides is 1. The standard InChI is InChI=1S/C21H24F3N3O5S/c1-31-17-6-7-18(32-2)19(13-17)33(29,30)27-10-8-26(9-11-27)20(28)14-25-16-5-3-4-15(12-16)21(22,23)24/h3-7,12-13,25H,8-11,14H2,1-2H3. The van der Waals surface area contributed by atoms with Crippen molar-refractivity contribution in [1.82, 2.24) is 9.21 Å². The Morgan fingerprint density at radius 3 is 2.33 bits per heavy atom. The molecule has 180 valence electrons. The molecule has 8 nitrogen and oxygen atoms in total. The highest BCUT2D eigenvalue weighted by atomic mass is 32.2. The molecule has 1 N–H and O–H groups in total. The Hall–Kier alpha value is -2.99. The second-order valence-corrected chi connectivity index (χ2v) is 9.14. The number of rotatable bonds is 7. The van der Waals surface area contributed by atoms with Gasteiger partial charge in [-0.1, -0.05) is 6.07 Å². The zero-order valence-corrected chi connectivity index (χ0v) is 18.9. The summed E-state index contributed by atoms with van der Waals surface area (Å²) in [6.07, 6.45) is -4.48. The molecule has 1 fully saturated rings. The number of hydrogen-bond donors (Lipinski definition) is 1. The van der Waals surface area contributed by atoms with Gasteiger partial charge in [0.25, 0.3) is 0 Å². The van der Waals surface area contributed by atoms with Crippen LogP contribution in [0.15, 0.2) is 47.4 Å². The average Bonchev–Trinajstić information content (AvgIpc) is 2.81. The van der Waals surface area contributed by atoms with Crippen LogP contribution in [0.3, 0.4) is 0 Å². The normalized spacial score (nSPS) is 15.2. The third-order valence-electron chi connectivity index (χ3n) is 5.21. The number of carbonyl (C=O) groups excluding carboxylic acids is 1. The van der Waals surface area contributed by atoms with E-state index >= 15 is 0 Å². The number of methoxy groups -OCH3 is 2. The van der Waals surface area contributed by atoms with E-state index in [9.17, 15) is 26.4 Å². The molecule has 1 amide bonds. The maximum atomic E-state index is 13.1. The van der Waals surface area contributed by atoms with Gasteiger partial charge < -0.3 is 19.7 Å². The topological polar surface area (TPSA) is 88.2 Å². The summed E-state index contributed by atoms with van der Waals surface area (Å²) >= 11 is 0. The van der Waals surface area contributed by atoms with E-state index in [1.165, 1.54) is 47.7 Å². The number of halogens is 3. The summed E-state index contributed by atoms with van der Waals surface area (Å²) in [7, 11) is -1.10. The van der Waals surface area contributed by atoms with Crippen LogP contribution in [0, 0.1) is 0 Å². The highest BCUT2D eigenvalue weighted by molar-refractivity contribution is 7.89. The van der Waals surface area contributed by atoms with Crippen molar-refractivity contribution in [2.24, 2.45) is 0 Å². The molecule has 0 unspecified atom stereocenters. The maximum absolute atomic E-state index is 13.1. The van der Waals surface area contributed by atoms with Crippen LogP contribution < -0.4 is 14.8 Å². The Balaban J connectivity index is 1.61. The number of sulfonamides is 1. The lowest BCUT2D eigenvalue weighted by molar-refractivity contribution is -0.137. The van der Waals surface area contributed by atoms with Gasteiger partial charge in [0.2, 0.25) is 15.9 Å². The molecule has 0 saturated carbocycles. The number of piperazine rings is 1. The predicted molar refractivity (Wildman–Crippen MR) is 115 cm³/mol. The summed E-state index contributed by atoms with van der Waals surface area (Å²) in [4.78, 5) is 13.9. The molecule has 3 rings (SSSR count). The van der Waals surface area contributed by atoms with E-state index in [4.69, 9.17) is 9.47 Å². The second kappa shape index (κ2) is 9.87. The zero-order valence-electron chi connectivity index (χ0n) is 18.1. The number of nitrogens with zero attached hydrogens (tertiary/aromatic N) is 2. The lowest BCUT2D eigenvalue weighted by atomic mass is 10.2. The Morgan fingerprint density at radius 1 is 1.03 bits per heavy atom. The highest BCUT2D eigenvalue weighted by Gasteiger charge is 2.33. The molecule has 1 aliphatic rings. The van der Waals surface area contributed by atoms with Crippen LogP contribution in [0.2, 0.25) is 0 Å². The summed E-state index contributed by atoms with van der Waals surface area (Å²) in [5.41, 5.74) is -0.642. The van der Waals surface area contributed by atoms with E-state index in [2.05, 4.69) is 5.32 Å². The molecular weight excluding hydrogens is 463 g/mol. The van der Waals surface area contributed by atoms with E-state index in [0.29, 0.717) is 5.75 Å². The van der Waals surface area contributed by atoms with Crippen molar-refractivity contribution in [1.29, 1.82) is 0 Å². The third kappa shape index (κ3) is 5.69. The number of alkyl halides is 3. The summed E-state index contributed by atoms with van der Waals surface area (Å²) in [6.45, 7) is 0.219. The second-order valence-electron chi connectivity index (χ2n) is 7.23. The predicted octanol–water partition coefficient (Wildman–Crippen LogP) is 2.67. The average molecular weight is 488 g/mol. The van der Waals surface area contributed by atoms with Crippen LogP contribution in [-0.2, 0) is 21.0 Å². The van der Waals surface area contributed by atoms with Gasteiger partial charge in [-0.15, -0.1) is 0 Å². The van der Waals surface area contributed by atoms with Crippen LogP contribution in [0.1, 0.15) is 5.56 Å². The molecule has 12 heteroatoms. The Bertz CT molecular complexity index is 1100. The Morgan fingerprint density at radius 2 is 1.73 bits per heavy atom. The molecule has 0 bridgehead atoms. The van der Waals surface area contributed by atoms with Crippen molar-refractivity contribution in [2.45, 2.75) is 11.1 Å². The number of carbonyl (C=O) groups is 1. The first-order chi connectivity index (χ1) is 15.6. The minimum Gasteiger partial charge on any atom is -0.497 e. The molecule has 1 aliphatic heterocycles. The first kappa shape index (κ1) is 24.6. The van der Waals surface area contributed by atoms with Gasteiger partial charge in [-0.25, -0.2) is 8.42 Å². The monoisotopic (exact) mass is 487 g/mol. The number of hydrogen-bond acceptors (Lipinski definition) is 6. The van der Waals surface area contributed by atoms with Gasteiger partial charge in [0, 0.05) is 37.9 Å². The molecule has 33 heavy (non-hydrogen) atoms. The van der Waals surface area contributed by atoms with Crippen molar-refractivity contribution in [2.75, 3.05) is 52.3 Å². The van der Waals surface area contributed by atoms with Crippen molar-refractivity contribution < 1.29 is 35.9 Å². The van der Waals surface area contributed by atoms with E-state index in [0.717, 1.165) is 12.1 Å². The lowest BCUT2D eigenvalue weighted by Crippen LogP contribution is -2.51. The fourth-order valence-electron chi connectivity index (χ4n) is 3.40. The number of benzene rings is 2. The third-order valence-corrected chi connectivity index (χ3v) is 7.13. The van der Waals surface area contributed by atoms with E-state index in [1.807, 2.05) is 0 Å². The minimum atomic E-state index is -4.48. The maximum Gasteiger partial charge on any atom is 0.416 e. The summed E-state index contributed by atoms with van der Waals surface area (Å²) < 4.78 is 76.3. The van der Waals surface area contributed by atoms with Crippen molar-refractivity contribution >= 4 is 21.6 Å². The van der Waals surface area contributed by atoms with E-state index in [-0.39, 0.29) is 55.0 Å². The van der Waals surface area contributed by atoms with Gasteiger partial charge in [-0.3, -0.25) is 4.79 Å². The van der Waals surface area contributed by atoms with Gasteiger partial charge in [-0.05, 0) is 30.3 Å². The van der Waals surface area contributed by atoms with Crippen molar-refractivity contribution in [3.63, 3.8) is 0 Å². The Labute approximate surface area is 189 Å². The molecule has 0 aromatic heterocycles. The molecule has 1 heterocycles. The molecule has 1 saturated heterocycles. The van der Waals surface area contributed by atoms with Crippen molar-refractivity contribution in [3.8, 4) is 11.5 Å². The van der Waals surface area contributed by atoms with Crippen LogP contribution in [0.5, 0.6) is 11.5 Å². The number of nitrogens with one attached hydrogen (secondary N) is 1. The zero-order chi connectivity index (χ0) is 24.2. The molecular formula is C21H24F3N3O5S. The fraction of sp³-hybridized carbons (Fsp3) is 0.381. The van der Waals surface area contributed by atoms with Crippen LogP contribution >= 0.6 is 0 Å². The molecule has 0 radical (unpaired) electrons. The highest BCUT2D eigenvalue weighted by Crippen LogP contribution is 2.32. The number of ether oxygens (including phenoxy) is 2. The summed E-state index contributed by atoms with van der Waals surface area (Å²) in [5, 5.41) is 2.70. The van der Waals surface area contributed by atoms with Crippen molar-refractivity contribution in [3.05, 3.63) is 48.0 Å². The summed E-state index contributed by atoms with van der Waals surface area (Å²) in [6, 6.07) is 9.05. The molecule has 2 aromatic carbocycles.